The van der Waals surface area contributed by atoms with Crippen molar-refractivity contribution in [1.82, 2.24) is 10.2 Å². The zero-order valence-corrected chi connectivity index (χ0v) is 18.5. The summed E-state index contributed by atoms with van der Waals surface area (Å²) in [7, 11) is 3.03. The minimum Gasteiger partial charge on any atom is -0.497 e. The van der Waals surface area contributed by atoms with E-state index in [9.17, 15) is 14.0 Å². The summed E-state index contributed by atoms with van der Waals surface area (Å²) in [5.74, 6) is 0.334. The Kier molecular flexibility index (Phi) is 6.35. The van der Waals surface area contributed by atoms with Gasteiger partial charge < -0.3 is 19.7 Å². The third-order valence-corrected chi connectivity index (χ3v) is 6.80. The van der Waals surface area contributed by atoms with E-state index in [0.29, 0.717) is 25.2 Å². The molecule has 1 unspecified atom stereocenters. The number of rotatable bonds is 7. The van der Waals surface area contributed by atoms with Crippen molar-refractivity contribution >= 4 is 11.8 Å². The summed E-state index contributed by atoms with van der Waals surface area (Å²) in [5, 5.41) is 3.07. The van der Waals surface area contributed by atoms with Crippen molar-refractivity contribution in [1.29, 1.82) is 0 Å². The molecule has 2 aromatic rings. The van der Waals surface area contributed by atoms with Crippen molar-refractivity contribution in [2.75, 3.05) is 33.9 Å². The van der Waals surface area contributed by atoms with Gasteiger partial charge in [-0.1, -0.05) is 12.1 Å². The summed E-state index contributed by atoms with van der Waals surface area (Å²) < 4.78 is 24.1. The van der Waals surface area contributed by atoms with Gasteiger partial charge in [0.25, 0.3) is 5.91 Å². The molecule has 2 amide bonds. The number of benzene rings is 2. The van der Waals surface area contributed by atoms with Crippen LogP contribution in [0.5, 0.6) is 11.5 Å². The lowest BCUT2D eigenvalue weighted by Crippen LogP contribution is -2.40. The van der Waals surface area contributed by atoms with E-state index in [2.05, 4.69) is 5.32 Å². The average molecular weight is 441 g/mol. The Morgan fingerprint density at radius 3 is 2.59 bits per heavy atom. The molecule has 0 bridgehead atoms. The topological polar surface area (TPSA) is 67.9 Å². The molecule has 1 aliphatic heterocycles. The van der Waals surface area contributed by atoms with E-state index in [1.165, 1.54) is 19.2 Å². The number of nitrogens with one attached hydrogen (secondary N) is 1. The molecule has 0 aromatic heterocycles. The minimum atomic E-state index is -0.542. The Morgan fingerprint density at radius 1 is 1.12 bits per heavy atom. The molecule has 7 heteroatoms. The number of ether oxygens (including phenoxy) is 2. The zero-order chi connectivity index (χ0) is 22.7. The molecule has 1 N–H and O–H groups in total. The molecule has 170 valence electrons. The highest BCUT2D eigenvalue weighted by molar-refractivity contribution is 5.94. The van der Waals surface area contributed by atoms with Gasteiger partial charge in [0.05, 0.1) is 14.2 Å². The molecular formula is C25H29FN2O4. The molecule has 1 saturated carbocycles. The maximum Gasteiger partial charge on any atom is 0.253 e. The first-order chi connectivity index (χ1) is 15.5. The van der Waals surface area contributed by atoms with Crippen LogP contribution in [0, 0.1) is 17.2 Å². The van der Waals surface area contributed by atoms with E-state index in [4.69, 9.17) is 9.47 Å². The number of hydrogen-bond donors (Lipinski definition) is 1. The maximum absolute atomic E-state index is 14.0. The molecule has 2 fully saturated rings. The highest BCUT2D eigenvalue weighted by atomic mass is 19.1. The second kappa shape index (κ2) is 9.18. The van der Waals surface area contributed by atoms with Crippen molar-refractivity contribution in [2.24, 2.45) is 11.3 Å². The zero-order valence-electron chi connectivity index (χ0n) is 18.5. The van der Waals surface area contributed by atoms with Crippen LogP contribution in [0.3, 0.4) is 0 Å². The van der Waals surface area contributed by atoms with Crippen molar-refractivity contribution < 1.29 is 23.5 Å². The summed E-state index contributed by atoms with van der Waals surface area (Å²) in [6, 6.07) is 12.1. The Labute approximate surface area is 187 Å². The largest absolute Gasteiger partial charge is 0.497 e. The first-order valence-electron chi connectivity index (χ1n) is 11.0. The fourth-order valence-corrected chi connectivity index (χ4v) is 4.69. The summed E-state index contributed by atoms with van der Waals surface area (Å²) in [5.41, 5.74) is 1.45. The maximum atomic E-state index is 14.0. The molecule has 32 heavy (non-hydrogen) atoms. The number of nitrogens with zero attached hydrogens (tertiary/aromatic N) is 1. The van der Waals surface area contributed by atoms with E-state index in [-0.39, 0.29) is 28.9 Å². The van der Waals surface area contributed by atoms with Crippen LogP contribution in [0.4, 0.5) is 4.39 Å². The number of carbonyl (C=O) groups excluding carboxylic acids is 2. The first kappa shape index (κ1) is 22.1. The second-order valence-electron chi connectivity index (χ2n) is 8.65. The van der Waals surface area contributed by atoms with Crippen LogP contribution >= 0.6 is 0 Å². The van der Waals surface area contributed by atoms with Crippen LogP contribution in [0.2, 0.25) is 0 Å². The lowest BCUT2D eigenvalue weighted by molar-refractivity contribution is -0.123. The summed E-state index contributed by atoms with van der Waals surface area (Å²) in [4.78, 5) is 27.2. The predicted molar refractivity (Wildman–Crippen MR) is 118 cm³/mol. The third-order valence-electron chi connectivity index (χ3n) is 6.80. The van der Waals surface area contributed by atoms with Gasteiger partial charge in [0, 0.05) is 31.1 Å². The van der Waals surface area contributed by atoms with E-state index >= 15 is 0 Å². The van der Waals surface area contributed by atoms with Crippen LogP contribution in [0.1, 0.15) is 35.2 Å². The van der Waals surface area contributed by atoms with Crippen LogP contribution in [-0.4, -0.2) is 50.6 Å². The molecule has 0 radical (unpaired) electrons. The highest BCUT2D eigenvalue weighted by Crippen LogP contribution is 2.59. The average Bonchev–Trinajstić information content (AvgIpc) is 3.52. The van der Waals surface area contributed by atoms with Gasteiger partial charge in [-0.3, -0.25) is 9.59 Å². The Hall–Kier alpha value is -3.09. The summed E-state index contributed by atoms with van der Waals surface area (Å²) in [6.45, 7) is 1.76. The van der Waals surface area contributed by atoms with Gasteiger partial charge in [0.1, 0.15) is 5.75 Å². The molecule has 2 aliphatic rings. The van der Waals surface area contributed by atoms with E-state index in [1.807, 2.05) is 24.3 Å². The fourth-order valence-electron chi connectivity index (χ4n) is 4.69. The number of carbonyl (C=O) groups is 2. The fraction of sp³-hybridized carbons (Fsp3) is 0.440. The molecule has 6 nitrogen and oxygen atoms in total. The molecule has 1 atom stereocenters. The number of hydrogen-bond acceptors (Lipinski definition) is 4. The third kappa shape index (κ3) is 4.56. The number of piperidine rings is 1. The van der Waals surface area contributed by atoms with E-state index in [1.54, 1.807) is 18.1 Å². The smallest absolute Gasteiger partial charge is 0.253 e. The molecule has 1 heterocycles. The molecular weight excluding hydrogens is 411 g/mol. The lowest BCUT2D eigenvalue weighted by Gasteiger charge is -2.33. The molecule has 4 rings (SSSR count). The van der Waals surface area contributed by atoms with Gasteiger partial charge >= 0.3 is 0 Å². The number of amides is 2. The van der Waals surface area contributed by atoms with Gasteiger partial charge in [0.2, 0.25) is 5.91 Å². The molecule has 2 aromatic carbocycles. The van der Waals surface area contributed by atoms with Crippen molar-refractivity contribution in [3.05, 3.63) is 59.4 Å². The highest BCUT2D eigenvalue weighted by Gasteiger charge is 2.58. The SMILES string of the molecule is COc1cccc(CCNC(=O)C2CC23CCN(C(=O)c2ccc(OC)c(F)c2)CC3)c1. The standard InChI is InChI=1S/C25H29FN2O4/c1-31-19-5-3-4-17(14-19)8-11-27-23(29)20-16-25(20)9-12-28(13-10-25)24(30)18-6-7-22(32-2)21(26)15-18/h3-7,14-15,20H,8-13,16H2,1-2H3,(H,27,29). The number of likely N-dealkylation sites (tertiary alicyclic amines) is 1. The Balaban J connectivity index is 1.25. The normalized spacial score (nSPS) is 18.8. The van der Waals surface area contributed by atoms with E-state index in [0.717, 1.165) is 37.0 Å². The molecule has 1 spiro atoms. The summed E-state index contributed by atoms with van der Waals surface area (Å²) >= 11 is 0. The Bertz CT molecular complexity index is 1000. The van der Waals surface area contributed by atoms with E-state index < -0.39 is 5.82 Å². The Morgan fingerprint density at radius 2 is 1.91 bits per heavy atom. The van der Waals surface area contributed by atoms with Gasteiger partial charge in [-0.05, 0) is 67.0 Å². The van der Waals surface area contributed by atoms with Gasteiger partial charge in [-0.25, -0.2) is 4.39 Å². The van der Waals surface area contributed by atoms with Gasteiger partial charge in [-0.2, -0.15) is 0 Å². The van der Waals surface area contributed by atoms with Crippen molar-refractivity contribution in [3.63, 3.8) is 0 Å². The molecule has 1 saturated heterocycles. The minimum absolute atomic E-state index is 0.00197. The second-order valence-corrected chi connectivity index (χ2v) is 8.65. The quantitative estimate of drug-likeness (QED) is 0.716. The van der Waals surface area contributed by atoms with Gasteiger partial charge in [0.15, 0.2) is 11.6 Å². The monoisotopic (exact) mass is 440 g/mol. The first-order valence-corrected chi connectivity index (χ1v) is 11.0. The van der Waals surface area contributed by atoms with Crippen molar-refractivity contribution in [2.45, 2.75) is 25.7 Å². The number of methoxy groups -OCH3 is 2. The predicted octanol–water partition coefficient (Wildman–Crippen LogP) is 3.44. The lowest BCUT2D eigenvalue weighted by atomic mass is 9.90. The van der Waals surface area contributed by atoms with Crippen molar-refractivity contribution in [3.8, 4) is 11.5 Å². The van der Waals surface area contributed by atoms with Crippen LogP contribution in [-0.2, 0) is 11.2 Å². The molecule has 1 aliphatic carbocycles. The summed E-state index contributed by atoms with van der Waals surface area (Å²) in [6.07, 6.45) is 3.22. The van der Waals surface area contributed by atoms with Crippen LogP contribution in [0.15, 0.2) is 42.5 Å². The number of halogens is 1. The van der Waals surface area contributed by atoms with Gasteiger partial charge in [-0.15, -0.1) is 0 Å². The van der Waals surface area contributed by atoms with Crippen LogP contribution in [0.25, 0.3) is 0 Å². The van der Waals surface area contributed by atoms with Crippen LogP contribution < -0.4 is 14.8 Å².